The molecule has 1 saturated heterocycles. The number of nitrogens with one attached hydrogen (secondary N) is 2. The fourth-order valence-electron chi connectivity index (χ4n) is 1.94. The van der Waals surface area contributed by atoms with E-state index in [1.54, 1.807) is 6.20 Å². The highest BCUT2D eigenvalue weighted by Gasteiger charge is 2.05. The van der Waals surface area contributed by atoms with Gasteiger partial charge in [0, 0.05) is 12.7 Å². The number of ether oxygens (including phenoxy) is 1. The summed E-state index contributed by atoms with van der Waals surface area (Å²) in [5.74, 6) is 0. The van der Waals surface area contributed by atoms with E-state index in [2.05, 4.69) is 10.6 Å². The van der Waals surface area contributed by atoms with Gasteiger partial charge in [-0.2, -0.15) is 0 Å². The average molecular weight is 276 g/mol. The molecule has 1 heterocycles. The highest BCUT2D eigenvalue weighted by atomic mass is 16.5. The van der Waals surface area contributed by atoms with Gasteiger partial charge in [0.05, 0.1) is 19.8 Å². The van der Waals surface area contributed by atoms with E-state index in [1.807, 2.05) is 24.3 Å². The number of amides is 2. The van der Waals surface area contributed by atoms with Crippen LogP contribution in [0, 0.1) is 0 Å². The molecule has 2 rings (SSSR count). The Kier molecular flexibility index (Phi) is 5.58. The number of carbonyl (C=O) groups excluding carboxylic acids is 1. The first-order valence-corrected chi connectivity index (χ1v) is 6.76. The van der Waals surface area contributed by atoms with Gasteiger partial charge < -0.3 is 20.5 Å². The van der Waals surface area contributed by atoms with E-state index < -0.39 is 0 Å². The molecule has 5 nitrogen and oxygen atoms in total. The molecule has 108 valence electrons. The van der Waals surface area contributed by atoms with Crippen molar-refractivity contribution in [2.24, 2.45) is 0 Å². The molecule has 20 heavy (non-hydrogen) atoms. The average Bonchev–Trinajstić information content (AvgIpc) is 2.52. The molecular weight excluding hydrogens is 256 g/mol. The predicted molar refractivity (Wildman–Crippen MR) is 75.9 cm³/mol. The third-order valence-corrected chi connectivity index (χ3v) is 3.20. The van der Waals surface area contributed by atoms with Crippen LogP contribution in [0.2, 0.25) is 0 Å². The van der Waals surface area contributed by atoms with E-state index >= 15 is 0 Å². The Bertz CT molecular complexity index is 461. The van der Waals surface area contributed by atoms with Crippen LogP contribution in [-0.2, 0) is 17.9 Å². The summed E-state index contributed by atoms with van der Waals surface area (Å²) in [5, 5.41) is 14.5. The number of carbonyl (C=O) groups is 1. The Labute approximate surface area is 118 Å². The summed E-state index contributed by atoms with van der Waals surface area (Å²) in [6.45, 7) is 1.95. The van der Waals surface area contributed by atoms with Gasteiger partial charge in [-0.25, -0.2) is 4.79 Å². The Morgan fingerprint density at radius 3 is 2.50 bits per heavy atom. The standard InChI is InChI=1S/C15H20N2O3/c18-11-14-3-1-12(2-4-14)9-16-15(19)17-10-13-5-7-20-8-6-13/h1-4,10,18H,5-9,11H2,(H2,16,17,19). The lowest BCUT2D eigenvalue weighted by Crippen LogP contribution is -2.32. The van der Waals surface area contributed by atoms with Gasteiger partial charge in [0.15, 0.2) is 0 Å². The SMILES string of the molecule is O=C(NC=C1CCOCC1)NCc1ccc(CO)cc1. The number of aliphatic hydroxyl groups is 1. The van der Waals surface area contributed by atoms with Gasteiger partial charge in [0.25, 0.3) is 0 Å². The van der Waals surface area contributed by atoms with Gasteiger partial charge in [-0.3, -0.25) is 0 Å². The van der Waals surface area contributed by atoms with Crippen molar-refractivity contribution in [3.63, 3.8) is 0 Å². The van der Waals surface area contributed by atoms with Crippen LogP contribution >= 0.6 is 0 Å². The first-order chi connectivity index (χ1) is 9.78. The van der Waals surface area contributed by atoms with Crippen molar-refractivity contribution < 1.29 is 14.6 Å². The van der Waals surface area contributed by atoms with Crippen LogP contribution in [0.25, 0.3) is 0 Å². The van der Waals surface area contributed by atoms with E-state index in [1.165, 1.54) is 5.57 Å². The van der Waals surface area contributed by atoms with Crippen LogP contribution in [0.5, 0.6) is 0 Å². The van der Waals surface area contributed by atoms with Crippen molar-refractivity contribution in [2.75, 3.05) is 13.2 Å². The minimum atomic E-state index is -0.213. The zero-order chi connectivity index (χ0) is 14.2. The lowest BCUT2D eigenvalue weighted by Gasteiger charge is -2.14. The first kappa shape index (κ1) is 14.6. The van der Waals surface area contributed by atoms with Crippen molar-refractivity contribution in [1.82, 2.24) is 10.6 Å². The minimum Gasteiger partial charge on any atom is -0.392 e. The number of benzene rings is 1. The Hall–Kier alpha value is -1.85. The van der Waals surface area contributed by atoms with E-state index in [0.717, 1.165) is 37.2 Å². The largest absolute Gasteiger partial charge is 0.392 e. The maximum absolute atomic E-state index is 11.6. The van der Waals surface area contributed by atoms with Gasteiger partial charge in [-0.15, -0.1) is 0 Å². The molecule has 0 radical (unpaired) electrons. The van der Waals surface area contributed by atoms with Gasteiger partial charge in [0.1, 0.15) is 0 Å². The lowest BCUT2D eigenvalue weighted by molar-refractivity contribution is 0.119. The van der Waals surface area contributed by atoms with Crippen LogP contribution in [-0.4, -0.2) is 24.4 Å². The molecule has 0 aliphatic carbocycles. The number of urea groups is 1. The van der Waals surface area contributed by atoms with Crippen LogP contribution < -0.4 is 10.6 Å². The van der Waals surface area contributed by atoms with Crippen molar-refractivity contribution in [2.45, 2.75) is 26.0 Å². The molecule has 0 atom stereocenters. The summed E-state index contributed by atoms with van der Waals surface area (Å²) in [6, 6.07) is 7.26. The Balaban J connectivity index is 1.73. The number of hydrogen-bond acceptors (Lipinski definition) is 3. The van der Waals surface area contributed by atoms with E-state index in [9.17, 15) is 4.79 Å². The van der Waals surface area contributed by atoms with Crippen LogP contribution in [0.4, 0.5) is 4.79 Å². The summed E-state index contributed by atoms with van der Waals surface area (Å²) < 4.78 is 5.24. The van der Waals surface area contributed by atoms with E-state index in [0.29, 0.717) is 6.54 Å². The molecule has 5 heteroatoms. The molecule has 1 aliphatic rings. The summed E-state index contributed by atoms with van der Waals surface area (Å²) in [4.78, 5) is 11.6. The molecule has 0 spiro atoms. The maximum atomic E-state index is 11.6. The zero-order valence-corrected chi connectivity index (χ0v) is 11.4. The molecule has 0 bridgehead atoms. The normalized spacial score (nSPS) is 14.8. The number of hydrogen-bond donors (Lipinski definition) is 3. The van der Waals surface area contributed by atoms with Crippen LogP contribution in [0.15, 0.2) is 36.0 Å². The summed E-state index contributed by atoms with van der Waals surface area (Å²) >= 11 is 0. The highest BCUT2D eigenvalue weighted by Crippen LogP contribution is 2.11. The molecule has 1 aromatic carbocycles. The van der Waals surface area contributed by atoms with Crippen molar-refractivity contribution in [3.05, 3.63) is 47.2 Å². The van der Waals surface area contributed by atoms with Gasteiger partial charge in [-0.05, 0) is 29.5 Å². The van der Waals surface area contributed by atoms with Gasteiger partial charge in [0.2, 0.25) is 0 Å². The molecular formula is C15H20N2O3. The van der Waals surface area contributed by atoms with Crippen molar-refractivity contribution >= 4 is 6.03 Å². The van der Waals surface area contributed by atoms with Crippen LogP contribution in [0.3, 0.4) is 0 Å². The van der Waals surface area contributed by atoms with Crippen LogP contribution in [0.1, 0.15) is 24.0 Å². The summed E-state index contributed by atoms with van der Waals surface area (Å²) in [5.41, 5.74) is 3.07. The summed E-state index contributed by atoms with van der Waals surface area (Å²) in [7, 11) is 0. The smallest absolute Gasteiger partial charge is 0.319 e. The number of aliphatic hydroxyl groups excluding tert-OH is 1. The number of rotatable bonds is 4. The minimum absolute atomic E-state index is 0.0332. The molecule has 3 N–H and O–H groups in total. The molecule has 1 fully saturated rings. The van der Waals surface area contributed by atoms with Crippen molar-refractivity contribution in [3.8, 4) is 0 Å². The van der Waals surface area contributed by atoms with Crippen molar-refractivity contribution in [1.29, 1.82) is 0 Å². The monoisotopic (exact) mass is 276 g/mol. The second-order valence-corrected chi connectivity index (χ2v) is 4.72. The fourth-order valence-corrected chi connectivity index (χ4v) is 1.94. The lowest BCUT2D eigenvalue weighted by atomic mass is 10.1. The topological polar surface area (TPSA) is 70.6 Å². The predicted octanol–water partition coefficient (Wildman–Crippen LogP) is 1.67. The quantitative estimate of drug-likeness (QED) is 0.783. The third kappa shape index (κ3) is 4.68. The maximum Gasteiger partial charge on any atom is 0.319 e. The molecule has 1 aromatic rings. The second kappa shape index (κ2) is 7.67. The molecule has 2 amide bonds. The molecule has 0 saturated carbocycles. The Morgan fingerprint density at radius 1 is 1.20 bits per heavy atom. The highest BCUT2D eigenvalue weighted by molar-refractivity contribution is 5.74. The summed E-state index contributed by atoms with van der Waals surface area (Å²) in [6.07, 6.45) is 3.53. The zero-order valence-electron chi connectivity index (χ0n) is 11.4. The van der Waals surface area contributed by atoms with Gasteiger partial charge in [-0.1, -0.05) is 24.3 Å². The molecule has 1 aliphatic heterocycles. The van der Waals surface area contributed by atoms with E-state index in [4.69, 9.17) is 9.84 Å². The fraction of sp³-hybridized carbons (Fsp3) is 0.400. The first-order valence-electron chi connectivity index (χ1n) is 6.76. The molecule has 0 unspecified atom stereocenters. The molecule has 0 aromatic heterocycles. The second-order valence-electron chi connectivity index (χ2n) is 4.72. The third-order valence-electron chi connectivity index (χ3n) is 3.20. The van der Waals surface area contributed by atoms with Gasteiger partial charge >= 0.3 is 6.03 Å². The Morgan fingerprint density at radius 2 is 1.85 bits per heavy atom. The van der Waals surface area contributed by atoms with E-state index in [-0.39, 0.29) is 12.6 Å².